The summed E-state index contributed by atoms with van der Waals surface area (Å²) in [5.74, 6) is 1.00. The molecule has 0 aliphatic heterocycles. The van der Waals surface area contributed by atoms with Crippen LogP contribution in [0.25, 0.3) is 0 Å². The van der Waals surface area contributed by atoms with E-state index in [2.05, 4.69) is 10.3 Å². The fourth-order valence-electron chi connectivity index (χ4n) is 2.92. The third-order valence-corrected chi connectivity index (χ3v) is 4.77. The van der Waals surface area contributed by atoms with Gasteiger partial charge in [0.05, 0.1) is 5.54 Å². The maximum absolute atomic E-state index is 12.4. The van der Waals surface area contributed by atoms with Gasteiger partial charge < -0.3 is 9.88 Å². The SMILES string of the molecule is O=c1c(NC2(CCl)CCCCC2)nccn1C1CC1. The molecule has 19 heavy (non-hydrogen) atoms. The van der Waals surface area contributed by atoms with Crippen molar-refractivity contribution in [1.82, 2.24) is 9.55 Å². The summed E-state index contributed by atoms with van der Waals surface area (Å²) in [5.41, 5.74) is -0.144. The molecule has 1 heterocycles. The fraction of sp³-hybridized carbons (Fsp3) is 0.714. The Morgan fingerprint density at radius 2 is 2.11 bits per heavy atom. The summed E-state index contributed by atoms with van der Waals surface area (Å²) < 4.78 is 1.81. The molecule has 2 aliphatic carbocycles. The Morgan fingerprint density at radius 3 is 2.74 bits per heavy atom. The molecule has 3 rings (SSSR count). The highest BCUT2D eigenvalue weighted by molar-refractivity contribution is 6.18. The third-order valence-electron chi connectivity index (χ3n) is 4.26. The minimum Gasteiger partial charge on any atom is -0.359 e. The molecule has 1 N–H and O–H groups in total. The number of nitrogens with zero attached hydrogens (tertiary/aromatic N) is 2. The zero-order valence-corrected chi connectivity index (χ0v) is 11.8. The number of hydrogen-bond acceptors (Lipinski definition) is 3. The summed E-state index contributed by atoms with van der Waals surface area (Å²) in [7, 11) is 0. The van der Waals surface area contributed by atoms with Crippen LogP contribution in [0.2, 0.25) is 0 Å². The van der Waals surface area contributed by atoms with Crippen LogP contribution in [0.15, 0.2) is 17.2 Å². The summed E-state index contributed by atoms with van der Waals surface area (Å²) in [6.07, 6.45) is 11.4. The van der Waals surface area contributed by atoms with Crippen LogP contribution < -0.4 is 10.9 Å². The molecular formula is C14H20ClN3O. The van der Waals surface area contributed by atoms with Crippen molar-refractivity contribution in [2.45, 2.75) is 56.5 Å². The lowest BCUT2D eigenvalue weighted by Gasteiger charge is -2.36. The van der Waals surface area contributed by atoms with Crippen molar-refractivity contribution < 1.29 is 0 Å². The van der Waals surface area contributed by atoms with Gasteiger partial charge in [-0.15, -0.1) is 11.6 Å². The van der Waals surface area contributed by atoms with Crippen LogP contribution >= 0.6 is 11.6 Å². The first kappa shape index (κ1) is 13.0. The van der Waals surface area contributed by atoms with Gasteiger partial charge in [-0.25, -0.2) is 4.98 Å². The molecule has 0 bridgehead atoms. The Labute approximate surface area is 118 Å². The number of anilines is 1. The Kier molecular flexibility index (Phi) is 3.52. The second-order valence-corrected chi connectivity index (χ2v) is 6.09. The highest BCUT2D eigenvalue weighted by atomic mass is 35.5. The van der Waals surface area contributed by atoms with Gasteiger partial charge in [0.15, 0.2) is 5.82 Å². The van der Waals surface area contributed by atoms with E-state index in [0.717, 1.165) is 25.7 Å². The van der Waals surface area contributed by atoms with Crippen molar-refractivity contribution in [2.24, 2.45) is 0 Å². The summed E-state index contributed by atoms with van der Waals surface area (Å²) in [4.78, 5) is 16.6. The van der Waals surface area contributed by atoms with Gasteiger partial charge in [0, 0.05) is 24.3 Å². The van der Waals surface area contributed by atoms with Crippen molar-refractivity contribution in [2.75, 3.05) is 11.2 Å². The number of halogens is 1. The average molecular weight is 282 g/mol. The number of rotatable bonds is 4. The Hall–Kier alpha value is -1.03. The zero-order chi connectivity index (χ0) is 13.3. The summed E-state index contributed by atoms with van der Waals surface area (Å²) in [6.45, 7) is 0. The van der Waals surface area contributed by atoms with E-state index >= 15 is 0 Å². The van der Waals surface area contributed by atoms with Gasteiger partial charge in [-0.05, 0) is 25.7 Å². The van der Waals surface area contributed by atoms with E-state index in [1.807, 2.05) is 0 Å². The van der Waals surface area contributed by atoms with Gasteiger partial charge in [-0.2, -0.15) is 0 Å². The van der Waals surface area contributed by atoms with Crippen LogP contribution in [0.3, 0.4) is 0 Å². The molecule has 0 saturated heterocycles. The monoisotopic (exact) mass is 281 g/mol. The zero-order valence-electron chi connectivity index (χ0n) is 11.1. The number of hydrogen-bond donors (Lipinski definition) is 1. The van der Waals surface area contributed by atoms with Crippen LogP contribution in [0.1, 0.15) is 51.0 Å². The van der Waals surface area contributed by atoms with Gasteiger partial charge in [-0.3, -0.25) is 4.79 Å². The first-order valence-corrected chi connectivity index (χ1v) is 7.69. The average Bonchev–Trinajstić information content (AvgIpc) is 3.27. The molecule has 0 aromatic carbocycles. The maximum atomic E-state index is 12.4. The van der Waals surface area contributed by atoms with Crippen molar-refractivity contribution in [3.05, 3.63) is 22.7 Å². The van der Waals surface area contributed by atoms with Crippen molar-refractivity contribution >= 4 is 17.4 Å². The molecule has 1 aromatic rings. The minimum atomic E-state index is -0.144. The Bertz CT molecular complexity index is 504. The van der Waals surface area contributed by atoms with E-state index in [1.165, 1.54) is 19.3 Å². The molecule has 2 saturated carbocycles. The first-order valence-electron chi connectivity index (χ1n) is 7.15. The first-order chi connectivity index (χ1) is 9.24. The van der Waals surface area contributed by atoms with Crippen molar-refractivity contribution in [1.29, 1.82) is 0 Å². The lowest BCUT2D eigenvalue weighted by molar-refractivity contribution is 0.352. The molecule has 0 unspecified atom stereocenters. The lowest BCUT2D eigenvalue weighted by atomic mass is 9.83. The van der Waals surface area contributed by atoms with Gasteiger partial charge in [-0.1, -0.05) is 19.3 Å². The normalized spacial score (nSPS) is 22.2. The van der Waals surface area contributed by atoms with Gasteiger partial charge >= 0.3 is 0 Å². The molecule has 2 aliphatic rings. The molecule has 0 spiro atoms. The topological polar surface area (TPSA) is 46.9 Å². The maximum Gasteiger partial charge on any atom is 0.293 e. The standard InChI is InChI=1S/C14H20ClN3O/c15-10-14(6-2-1-3-7-14)17-12-13(19)18(9-8-16-12)11-4-5-11/h8-9,11H,1-7,10H2,(H,16,17). The molecule has 1 aromatic heterocycles. The Balaban J connectivity index is 1.85. The van der Waals surface area contributed by atoms with Gasteiger partial charge in [0.25, 0.3) is 5.56 Å². The minimum absolute atomic E-state index is 0.0000603. The van der Waals surface area contributed by atoms with Crippen molar-refractivity contribution in [3.63, 3.8) is 0 Å². The van der Waals surface area contributed by atoms with E-state index in [4.69, 9.17) is 11.6 Å². The van der Waals surface area contributed by atoms with Crippen LogP contribution in [-0.2, 0) is 0 Å². The largest absolute Gasteiger partial charge is 0.359 e. The third kappa shape index (κ3) is 2.64. The lowest BCUT2D eigenvalue weighted by Crippen LogP contribution is -2.44. The van der Waals surface area contributed by atoms with E-state index in [9.17, 15) is 4.79 Å². The van der Waals surface area contributed by atoms with E-state index < -0.39 is 0 Å². The molecule has 0 atom stereocenters. The highest BCUT2D eigenvalue weighted by Gasteiger charge is 2.33. The van der Waals surface area contributed by atoms with Crippen LogP contribution in [0, 0.1) is 0 Å². The van der Waals surface area contributed by atoms with E-state index in [0.29, 0.717) is 17.7 Å². The van der Waals surface area contributed by atoms with Gasteiger partial charge in [0.1, 0.15) is 0 Å². The van der Waals surface area contributed by atoms with Gasteiger partial charge in [0.2, 0.25) is 0 Å². The second-order valence-electron chi connectivity index (χ2n) is 5.82. The van der Waals surface area contributed by atoms with Crippen LogP contribution in [0.5, 0.6) is 0 Å². The van der Waals surface area contributed by atoms with E-state index in [1.54, 1.807) is 17.0 Å². The second kappa shape index (κ2) is 5.16. The smallest absolute Gasteiger partial charge is 0.293 e. The fourth-order valence-corrected chi connectivity index (χ4v) is 3.26. The summed E-state index contributed by atoms with van der Waals surface area (Å²) >= 11 is 6.15. The van der Waals surface area contributed by atoms with E-state index in [-0.39, 0.29) is 11.1 Å². The molecule has 4 nitrogen and oxygen atoms in total. The number of alkyl halides is 1. The van der Waals surface area contributed by atoms with Crippen molar-refractivity contribution in [3.8, 4) is 0 Å². The molecule has 5 heteroatoms. The molecule has 2 fully saturated rings. The predicted octanol–water partition coefficient (Wildman–Crippen LogP) is 2.93. The number of nitrogens with one attached hydrogen (secondary N) is 1. The van der Waals surface area contributed by atoms with Crippen LogP contribution in [-0.4, -0.2) is 21.0 Å². The molecule has 0 amide bonds. The Morgan fingerprint density at radius 1 is 1.37 bits per heavy atom. The molecule has 104 valence electrons. The molecule has 0 radical (unpaired) electrons. The summed E-state index contributed by atoms with van der Waals surface area (Å²) in [6, 6.07) is 0.384. The highest BCUT2D eigenvalue weighted by Crippen LogP contribution is 2.34. The quantitative estimate of drug-likeness (QED) is 0.863. The molecular weight excluding hydrogens is 262 g/mol. The number of aromatic nitrogens is 2. The predicted molar refractivity (Wildman–Crippen MR) is 76.9 cm³/mol. The summed E-state index contributed by atoms with van der Waals surface area (Å²) in [5, 5.41) is 3.36. The van der Waals surface area contributed by atoms with Crippen LogP contribution in [0.4, 0.5) is 5.82 Å².